The maximum atomic E-state index is 11.0. The third-order valence-corrected chi connectivity index (χ3v) is 4.54. The number of primary amides is 1. The zero-order valence-electron chi connectivity index (χ0n) is 16.2. The van der Waals surface area contributed by atoms with Gasteiger partial charge >= 0.3 is 0 Å². The lowest BCUT2D eigenvalue weighted by Crippen LogP contribution is -2.17. The van der Waals surface area contributed by atoms with E-state index in [9.17, 15) is 4.79 Å². The summed E-state index contributed by atoms with van der Waals surface area (Å²) in [5, 5.41) is 3.48. The fourth-order valence-electron chi connectivity index (χ4n) is 2.75. The number of benzene rings is 1. The van der Waals surface area contributed by atoms with E-state index in [1.807, 2.05) is 18.2 Å². The predicted octanol–water partition coefficient (Wildman–Crippen LogP) is 3.29. The minimum Gasteiger partial charge on any atom is -0.493 e. The van der Waals surface area contributed by atoms with Crippen molar-refractivity contribution < 1.29 is 14.3 Å². The molecule has 2 aromatic rings. The molecule has 1 aromatic carbocycles. The number of hydrogen-bond acceptors (Lipinski definition) is 6. The molecule has 0 radical (unpaired) electrons. The van der Waals surface area contributed by atoms with Crippen LogP contribution in [0.2, 0.25) is 0 Å². The quantitative estimate of drug-likeness (QED) is 0.587. The summed E-state index contributed by atoms with van der Waals surface area (Å²) in [4.78, 5) is 19.0. The van der Waals surface area contributed by atoms with Crippen molar-refractivity contribution in [1.82, 2.24) is 15.3 Å². The van der Waals surface area contributed by atoms with Gasteiger partial charge in [0.2, 0.25) is 5.88 Å². The molecule has 0 spiro atoms. The minimum atomic E-state index is -0.632. The van der Waals surface area contributed by atoms with Gasteiger partial charge in [0.15, 0.2) is 11.5 Å². The molecule has 146 valence electrons. The van der Waals surface area contributed by atoms with Crippen LogP contribution in [0.25, 0.3) is 0 Å². The number of hydrogen-bond donors (Lipinski definition) is 2. The molecule has 2 rings (SSSR count). The molecule has 7 heteroatoms. The molecule has 27 heavy (non-hydrogen) atoms. The lowest BCUT2D eigenvalue weighted by molar-refractivity contribution is 0.0995. The van der Waals surface area contributed by atoms with Gasteiger partial charge in [0, 0.05) is 6.54 Å². The van der Waals surface area contributed by atoms with Crippen molar-refractivity contribution >= 4 is 5.91 Å². The highest BCUT2D eigenvalue weighted by Gasteiger charge is 2.10. The molecule has 0 saturated heterocycles. The lowest BCUT2D eigenvalue weighted by Gasteiger charge is -2.14. The first kappa shape index (κ1) is 20.6. The van der Waals surface area contributed by atoms with Crippen molar-refractivity contribution in [2.75, 3.05) is 13.7 Å². The van der Waals surface area contributed by atoms with Crippen LogP contribution in [0.15, 0.2) is 30.6 Å². The summed E-state index contributed by atoms with van der Waals surface area (Å²) in [7, 11) is 1.59. The number of carbonyl (C=O) groups excluding carboxylic acids is 1. The van der Waals surface area contributed by atoms with Gasteiger partial charge in [-0.1, -0.05) is 32.8 Å². The molecule has 1 amide bonds. The Balaban J connectivity index is 1.95. The van der Waals surface area contributed by atoms with Gasteiger partial charge in [0.1, 0.15) is 5.69 Å². The highest BCUT2D eigenvalue weighted by molar-refractivity contribution is 5.90. The van der Waals surface area contributed by atoms with E-state index in [-0.39, 0.29) is 11.6 Å². The molecule has 7 nitrogen and oxygen atoms in total. The van der Waals surface area contributed by atoms with Crippen molar-refractivity contribution in [3.63, 3.8) is 0 Å². The maximum absolute atomic E-state index is 11.0. The van der Waals surface area contributed by atoms with Gasteiger partial charge in [-0.15, -0.1) is 0 Å². The van der Waals surface area contributed by atoms with E-state index in [0.29, 0.717) is 11.5 Å². The van der Waals surface area contributed by atoms with Crippen LogP contribution < -0.4 is 20.5 Å². The number of aromatic nitrogens is 2. The summed E-state index contributed by atoms with van der Waals surface area (Å²) in [6.07, 6.45) is 6.27. The van der Waals surface area contributed by atoms with Gasteiger partial charge < -0.3 is 20.5 Å². The Morgan fingerprint density at radius 3 is 2.56 bits per heavy atom. The highest BCUT2D eigenvalue weighted by Crippen LogP contribution is 2.31. The molecule has 0 bridgehead atoms. The highest BCUT2D eigenvalue weighted by atomic mass is 16.5. The van der Waals surface area contributed by atoms with Crippen LogP contribution in [0.4, 0.5) is 0 Å². The van der Waals surface area contributed by atoms with E-state index < -0.39 is 5.91 Å². The topological polar surface area (TPSA) is 99.4 Å². The van der Waals surface area contributed by atoms with Crippen molar-refractivity contribution in [2.45, 2.75) is 39.7 Å². The van der Waals surface area contributed by atoms with E-state index in [0.717, 1.165) is 24.6 Å². The van der Waals surface area contributed by atoms with Crippen LogP contribution in [0, 0.1) is 5.92 Å². The van der Waals surface area contributed by atoms with Crippen molar-refractivity contribution in [3.8, 4) is 17.4 Å². The van der Waals surface area contributed by atoms with E-state index in [2.05, 4.69) is 29.1 Å². The molecular formula is C20H28N4O3. The predicted molar refractivity (Wildman–Crippen MR) is 104 cm³/mol. The Bertz CT molecular complexity index is 731. The molecule has 0 aliphatic carbocycles. The van der Waals surface area contributed by atoms with Crippen LogP contribution in [0.5, 0.6) is 17.4 Å². The largest absolute Gasteiger partial charge is 0.493 e. The average Bonchev–Trinajstić information content (AvgIpc) is 2.69. The van der Waals surface area contributed by atoms with E-state index >= 15 is 0 Å². The average molecular weight is 372 g/mol. The van der Waals surface area contributed by atoms with E-state index in [1.54, 1.807) is 7.11 Å². The Labute approximate surface area is 160 Å². The third-order valence-electron chi connectivity index (χ3n) is 4.54. The Morgan fingerprint density at radius 2 is 1.96 bits per heavy atom. The number of ether oxygens (including phenoxy) is 2. The smallest absolute Gasteiger partial charge is 0.268 e. The van der Waals surface area contributed by atoms with Crippen LogP contribution in [0.1, 0.15) is 49.2 Å². The molecule has 0 unspecified atom stereocenters. The van der Waals surface area contributed by atoms with Gasteiger partial charge in [-0.3, -0.25) is 4.79 Å². The van der Waals surface area contributed by atoms with E-state index in [1.165, 1.54) is 31.7 Å². The van der Waals surface area contributed by atoms with Gasteiger partial charge in [-0.2, -0.15) is 0 Å². The second kappa shape index (κ2) is 10.5. The molecule has 3 N–H and O–H groups in total. The zero-order valence-corrected chi connectivity index (χ0v) is 16.2. The van der Waals surface area contributed by atoms with Crippen LogP contribution in [-0.2, 0) is 6.54 Å². The maximum Gasteiger partial charge on any atom is 0.268 e. The van der Waals surface area contributed by atoms with Crippen LogP contribution in [-0.4, -0.2) is 29.5 Å². The summed E-state index contributed by atoms with van der Waals surface area (Å²) in [5.74, 6) is 1.54. The first-order chi connectivity index (χ1) is 13.1. The normalized spacial score (nSPS) is 10.8. The fraction of sp³-hybridized carbons (Fsp3) is 0.450. The summed E-state index contributed by atoms with van der Waals surface area (Å²) < 4.78 is 11.1. The lowest BCUT2D eigenvalue weighted by atomic mass is 10.00. The van der Waals surface area contributed by atoms with Gasteiger partial charge in [0.25, 0.3) is 5.91 Å². The van der Waals surface area contributed by atoms with Crippen molar-refractivity contribution in [3.05, 3.63) is 41.9 Å². The first-order valence-electron chi connectivity index (χ1n) is 9.24. The Morgan fingerprint density at radius 1 is 1.19 bits per heavy atom. The fourth-order valence-corrected chi connectivity index (χ4v) is 2.75. The number of nitrogens with zero attached hydrogens (tertiary/aromatic N) is 2. The molecule has 1 heterocycles. The van der Waals surface area contributed by atoms with Crippen molar-refractivity contribution in [2.24, 2.45) is 11.7 Å². The second-order valence-electron chi connectivity index (χ2n) is 6.34. The monoisotopic (exact) mass is 372 g/mol. The van der Waals surface area contributed by atoms with Gasteiger partial charge in [0.05, 0.1) is 19.5 Å². The molecule has 1 aromatic heterocycles. The first-order valence-corrected chi connectivity index (χ1v) is 9.24. The van der Waals surface area contributed by atoms with Crippen LogP contribution in [0.3, 0.4) is 0 Å². The molecule has 0 fully saturated rings. The second-order valence-corrected chi connectivity index (χ2v) is 6.34. The Kier molecular flexibility index (Phi) is 8.00. The molecule has 0 aliphatic heterocycles. The number of amides is 1. The molecule has 0 saturated carbocycles. The number of methoxy groups -OCH3 is 1. The summed E-state index contributed by atoms with van der Waals surface area (Å²) in [6, 6.07) is 5.75. The molecule has 0 aliphatic rings. The Hall–Kier alpha value is -2.67. The van der Waals surface area contributed by atoms with Gasteiger partial charge in [-0.05, 0) is 36.6 Å². The molecular weight excluding hydrogens is 344 g/mol. The third kappa shape index (κ3) is 6.21. The SMILES string of the molecule is CCC(CC)CCNCc1ccc(Oc2cnc(C(N)=O)cn2)c(OC)c1. The summed E-state index contributed by atoms with van der Waals surface area (Å²) >= 11 is 0. The standard InChI is InChI=1S/C20H28N4O3/c1-4-14(5-2)8-9-22-11-15-6-7-17(18(10-15)26-3)27-19-13-23-16(12-24-19)20(21)25/h6-7,10,12-14,22H,4-5,8-9,11H2,1-3H3,(H2,21,25). The number of nitrogens with one attached hydrogen (secondary N) is 1. The van der Waals surface area contributed by atoms with Gasteiger partial charge in [-0.25, -0.2) is 9.97 Å². The van der Waals surface area contributed by atoms with Crippen LogP contribution >= 0.6 is 0 Å². The minimum absolute atomic E-state index is 0.0872. The molecule has 0 atom stereocenters. The number of carbonyl (C=O) groups is 1. The number of rotatable bonds is 11. The zero-order chi connectivity index (χ0) is 19.6. The van der Waals surface area contributed by atoms with E-state index in [4.69, 9.17) is 15.2 Å². The number of nitrogens with two attached hydrogens (primary N) is 1. The van der Waals surface area contributed by atoms with Crippen molar-refractivity contribution in [1.29, 1.82) is 0 Å². The summed E-state index contributed by atoms with van der Waals surface area (Å²) in [5.41, 5.74) is 6.35. The summed E-state index contributed by atoms with van der Waals surface area (Å²) in [6.45, 7) is 6.24.